The Morgan fingerprint density at radius 2 is 2.10 bits per heavy atom. The van der Waals surface area contributed by atoms with Gasteiger partial charge in [-0.1, -0.05) is 42.5 Å². The molecule has 0 fully saturated rings. The normalized spacial score (nSPS) is 11.6. The number of benzene rings is 1. The number of hydrogen-bond acceptors (Lipinski definition) is 9. The van der Waals surface area contributed by atoms with Gasteiger partial charge in [0.05, 0.1) is 34.3 Å². The van der Waals surface area contributed by atoms with E-state index in [1.165, 1.54) is 11.9 Å². The van der Waals surface area contributed by atoms with Gasteiger partial charge in [-0.05, 0) is 26.1 Å². The topological polar surface area (TPSA) is 133 Å². The summed E-state index contributed by atoms with van der Waals surface area (Å²) in [7, 11) is 5.49. The van der Waals surface area contributed by atoms with E-state index in [1.807, 2.05) is 45.4 Å². The number of aryl methyl sites for hydroxylation is 2. The van der Waals surface area contributed by atoms with Crippen LogP contribution in [-0.2, 0) is 20.6 Å². The average molecular weight is 559 g/mol. The highest BCUT2D eigenvalue weighted by Gasteiger charge is 2.22. The van der Waals surface area contributed by atoms with Gasteiger partial charge in [0.15, 0.2) is 5.82 Å². The molecule has 0 saturated heterocycles. The largest absolute Gasteiger partial charge is 0.382 e. The van der Waals surface area contributed by atoms with Crippen molar-refractivity contribution in [1.82, 2.24) is 39.2 Å². The predicted octanol–water partition coefficient (Wildman–Crippen LogP) is 2.63. The number of aromatic nitrogens is 6. The standard InChI is InChI=1S/C28H34N10OS/c1-7-13-31-27-23(25(29)35-37(27)6)18(2)33-19(3)26-34-22-10-8-9-21(12-11-20-16-32-36(5)17-20)24(22)28(39)38(26)14-15-40-30-4/h7-10,16-17,19,30-31,33H,1-2,13-15H2,3-6H3,(H2,29,35). The van der Waals surface area contributed by atoms with Crippen LogP contribution < -0.4 is 26.6 Å². The molecule has 208 valence electrons. The Hall–Kier alpha value is -4.47. The second-order valence-electron chi connectivity index (χ2n) is 9.08. The smallest absolute Gasteiger partial charge is 0.262 e. The van der Waals surface area contributed by atoms with Crippen LogP contribution in [0.4, 0.5) is 11.6 Å². The quantitative estimate of drug-likeness (QED) is 0.0949. The second-order valence-corrected chi connectivity index (χ2v) is 10.2. The van der Waals surface area contributed by atoms with E-state index in [1.54, 1.807) is 33.3 Å². The minimum absolute atomic E-state index is 0.152. The van der Waals surface area contributed by atoms with Crippen molar-refractivity contribution >= 4 is 40.2 Å². The van der Waals surface area contributed by atoms with Gasteiger partial charge in [0.2, 0.25) is 0 Å². The number of rotatable bonds is 11. The van der Waals surface area contributed by atoms with E-state index in [2.05, 4.69) is 50.6 Å². The highest BCUT2D eigenvalue weighted by Crippen LogP contribution is 2.29. The van der Waals surface area contributed by atoms with E-state index >= 15 is 0 Å². The first-order chi connectivity index (χ1) is 19.2. The molecule has 1 unspecified atom stereocenters. The van der Waals surface area contributed by atoms with Crippen LogP contribution in [0.5, 0.6) is 0 Å². The number of fused-ring (bicyclic) bond motifs is 1. The molecule has 5 N–H and O–H groups in total. The first kappa shape index (κ1) is 28.5. The zero-order valence-corrected chi connectivity index (χ0v) is 24.0. The van der Waals surface area contributed by atoms with Gasteiger partial charge in [-0.25, -0.2) is 4.98 Å². The summed E-state index contributed by atoms with van der Waals surface area (Å²) in [5, 5.41) is 15.6. The van der Waals surface area contributed by atoms with E-state index in [-0.39, 0.29) is 11.6 Å². The van der Waals surface area contributed by atoms with Crippen molar-refractivity contribution in [2.24, 2.45) is 14.1 Å². The molecule has 0 saturated carbocycles. The third kappa shape index (κ3) is 6.06. The Kier molecular flexibility index (Phi) is 8.98. The molecule has 1 aromatic carbocycles. The Bertz CT molecular complexity index is 1670. The zero-order valence-electron chi connectivity index (χ0n) is 23.2. The van der Waals surface area contributed by atoms with E-state index in [0.29, 0.717) is 64.0 Å². The molecule has 0 aliphatic rings. The molecule has 3 aromatic heterocycles. The molecule has 0 bridgehead atoms. The fraction of sp³-hybridized carbons (Fsp3) is 0.286. The fourth-order valence-corrected chi connectivity index (χ4v) is 4.89. The Morgan fingerprint density at radius 3 is 2.80 bits per heavy atom. The summed E-state index contributed by atoms with van der Waals surface area (Å²) in [5.41, 5.74) is 9.25. The first-order valence-corrected chi connectivity index (χ1v) is 13.7. The summed E-state index contributed by atoms with van der Waals surface area (Å²) >= 11 is 1.52. The third-order valence-electron chi connectivity index (χ3n) is 6.19. The number of nitrogens with one attached hydrogen (secondary N) is 3. The van der Waals surface area contributed by atoms with Gasteiger partial charge in [-0.15, -0.1) is 6.58 Å². The van der Waals surface area contributed by atoms with Crippen LogP contribution >= 0.6 is 11.9 Å². The highest BCUT2D eigenvalue weighted by atomic mass is 32.2. The fourth-order valence-electron chi connectivity index (χ4n) is 4.41. The lowest BCUT2D eigenvalue weighted by Crippen LogP contribution is -2.32. The molecule has 1 atom stereocenters. The summed E-state index contributed by atoms with van der Waals surface area (Å²) < 4.78 is 8.12. The van der Waals surface area contributed by atoms with E-state index in [4.69, 9.17) is 10.7 Å². The van der Waals surface area contributed by atoms with Gasteiger partial charge < -0.3 is 16.4 Å². The van der Waals surface area contributed by atoms with Crippen LogP contribution in [-0.4, -0.2) is 48.5 Å². The second kappa shape index (κ2) is 12.6. The molecule has 4 aromatic rings. The summed E-state index contributed by atoms with van der Waals surface area (Å²) in [5.74, 6) is 8.55. The molecule has 12 heteroatoms. The molecule has 11 nitrogen and oxygen atoms in total. The van der Waals surface area contributed by atoms with Crippen molar-refractivity contribution in [1.29, 1.82) is 0 Å². The number of nitrogens with two attached hydrogens (primary N) is 1. The van der Waals surface area contributed by atoms with Gasteiger partial charge in [0.1, 0.15) is 11.6 Å². The summed E-state index contributed by atoms with van der Waals surface area (Å²) in [6.45, 7) is 10.9. The van der Waals surface area contributed by atoms with Crippen molar-refractivity contribution in [3.63, 3.8) is 0 Å². The molecule has 0 radical (unpaired) electrons. The molecule has 0 aliphatic heterocycles. The number of hydrogen-bond donors (Lipinski definition) is 4. The third-order valence-corrected chi connectivity index (χ3v) is 6.86. The lowest BCUT2D eigenvalue weighted by molar-refractivity contribution is 0.569. The van der Waals surface area contributed by atoms with Crippen LogP contribution in [0.15, 0.2) is 54.6 Å². The lowest BCUT2D eigenvalue weighted by Gasteiger charge is -2.22. The minimum Gasteiger partial charge on any atom is -0.382 e. The minimum atomic E-state index is -0.374. The maximum Gasteiger partial charge on any atom is 0.262 e. The van der Waals surface area contributed by atoms with Crippen molar-refractivity contribution in [3.05, 3.63) is 82.7 Å². The van der Waals surface area contributed by atoms with E-state index in [9.17, 15) is 4.79 Å². The summed E-state index contributed by atoms with van der Waals surface area (Å²) in [4.78, 5) is 18.9. The maximum atomic E-state index is 14.0. The molecule has 0 spiro atoms. The Morgan fingerprint density at radius 1 is 1.30 bits per heavy atom. The number of nitrogen functional groups attached to an aromatic ring is 1. The molecule has 40 heavy (non-hydrogen) atoms. The zero-order chi connectivity index (χ0) is 28.8. The van der Waals surface area contributed by atoms with Gasteiger partial charge >= 0.3 is 0 Å². The van der Waals surface area contributed by atoms with Gasteiger partial charge in [0, 0.05) is 50.4 Å². The Labute approximate surface area is 237 Å². The van der Waals surface area contributed by atoms with Crippen molar-refractivity contribution in [2.45, 2.75) is 19.5 Å². The molecule has 4 rings (SSSR count). The van der Waals surface area contributed by atoms with Crippen molar-refractivity contribution in [3.8, 4) is 11.8 Å². The van der Waals surface area contributed by atoms with Gasteiger partial charge in [-0.2, -0.15) is 10.2 Å². The van der Waals surface area contributed by atoms with Crippen molar-refractivity contribution < 1.29 is 0 Å². The highest BCUT2D eigenvalue weighted by molar-refractivity contribution is 7.97. The molecular formula is C28H34N10OS. The molecule has 3 heterocycles. The first-order valence-electron chi connectivity index (χ1n) is 12.7. The average Bonchev–Trinajstić information content (AvgIpc) is 3.47. The van der Waals surface area contributed by atoms with Crippen LogP contribution in [0, 0.1) is 11.8 Å². The monoisotopic (exact) mass is 558 g/mol. The molecular weight excluding hydrogens is 524 g/mol. The van der Waals surface area contributed by atoms with E-state index < -0.39 is 0 Å². The predicted molar refractivity (Wildman–Crippen MR) is 164 cm³/mol. The van der Waals surface area contributed by atoms with Crippen LogP contribution in [0.3, 0.4) is 0 Å². The van der Waals surface area contributed by atoms with Crippen molar-refractivity contribution in [2.75, 3.05) is 30.4 Å². The summed E-state index contributed by atoms with van der Waals surface area (Å²) in [6.07, 6.45) is 5.27. The Balaban J connectivity index is 1.75. The SMILES string of the molecule is C=CCNc1c(C(=C)NC(C)c2nc3cccc(C#Cc4cnn(C)c4)c3c(=O)n2CCSNC)c(N)nn1C. The summed E-state index contributed by atoms with van der Waals surface area (Å²) in [6, 6.07) is 5.16. The maximum absolute atomic E-state index is 14.0. The van der Waals surface area contributed by atoms with E-state index in [0.717, 1.165) is 5.56 Å². The van der Waals surface area contributed by atoms with Gasteiger partial charge in [0.25, 0.3) is 5.56 Å². The number of anilines is 2. The van der Waals surface area contributed by atoms with Crippen LogP contribution in [0.1, 0.15) is 35.5 Å². The van der Waals surface area contributed by atoms with Crippen LogP contribution in [0.25, 0.3) is 16.6 Å². The van der Waals surface area contributed by atoms with Gasteiger partial charge in [-0.3, -0.25) is 23.4 Å². The lowest BCUT2D eigenvalue weighted by atomic mass is 10.1. The molecule has 0 amide bonds. The number of nitrogens with zero attached hydrogens (tertiary/aromatic N) is 6. The molecule has 0 aliphatic carbocycles. The van der Waals surface area contributed by atoms with Crippen LogP contribution in [0.2, 0.25) is 0 Å².